The second-order valence-corrected chi connectivity index (χ2v) is 6.90. The van der Waals surface area contributed by atoms with Gasteiger partial charge >= 0.3 is 0 Å². The van der Waals surface area contributed by atoms with Crippen LogP contribution in [-0.2, 0) is 17.8 Å². The topological polar surface area (TPSA) is 48.9 Å². The second-order valence-electron chi connectivity index (χ2n) is 6.90. The number of nitrogens with zero attached hydrogens (tertiary/aromatic N) is 2. The van der Waals surface area contributed by atoms with E-state index in [2.05, 4.69) is 72.5 Å². The highest BCUT2D eigenvalue weighted by Gasteiger charge is 2.07. The summed E-state index contributed by atoms with van der Waals surface area (Å²) >= 11 is 0. The molecule has 0 aliphatic rings. The maximum atomic E-state index is 5.61. The Balaban J connectivity index is 0.00000676. The summed E-state index contributed by atoms with van der Waals surface area (Å²) in [6.45, 7) is 15.1. The van der Waals surface area contributed by atoms with E-state index in [0.29, 0.717) is 5.92 Å². The third kappa shape index (κ3) is 11.5. The van der Waals surface area contributed by atoms with E-state index in [1.165, 1.54) is 11.1 Å². The van der Waals surface area contributed by atoms with Crippen LogP contribution in [0.5, 0.6) is 0 Å². The van der Waals surface area contributed by atoms with Gasteiger partial charge in [-0.25, -0.2) is 0 Å². The molecule has 0 atom stereocenters. The fourth-order valence-corrected chi connectivity index (χ4v) is 2.67. The molecule has 1 aromatic rings. The highest BCUT2D eigenvalue weighted by molar-refractivity contribution is 14.0. The molecule has 0 bridgehead atoms. The maximum Gasteiger partial charge on any atom is 0.191 e. The lowest BCUT2D eigenvalue weighted by Crippen LogP contribution is -2.38. The molecule has 6 heteroatoms. The summed E-state index contributed by atoms with van der Waals surface area (Å²) in [6, 6.07) is 8.63. The van der Waals surface area contributed by atoms with Gasteiger partial charge in [0.15, 0.2) is 5.96 Å². The first-order chi connectivity index (χ1) is 12.6. The van der Waals surface area contributed by atoms with E-state index in [1.54, 1.807) is 0 Å². The Hall–Kier alpha value is -0.860. The zero-order valence-electron chi connectivity index (χ0n) is 17.8. The summed E-state index contributed by atoms with van der Waals surface area (Å²) in [5.74, 6) is 1.43. The Morgan fingerprint density at radius 3 is 2.37 bits per heavy atom. The van der Waals surface area contributed by atoms with Gasteiger partial charge in [0.1, 0.15) is 0 Å². The van der Waals surface area contributed by atoms with E-state index < -0.39 is 0 Å². The molecule has 0 fully saturated rings. The summed E-state index contributed by atoms with van der Waals surface area (Å²) in [4.78, 5) is 6.75. The Labute approximate surface area is 183 Å². The van der Waals surface area contributed by atoms with Crippen LogP contribution in [0.4, 0.5) is 0 Å². The van der Waals surface area contributed by atoms with Crippen LogP contribution >= 0.6 is 24.0 Å². The zero-order valence-corrected chi connectivity index (χ0v) is 20.1. The van der Waals surface area contributed by atoms with Crippen LogP contribution < -0.4 is 10.6 Å². The van der Waals surface area contributed by atoms with Gasteiger partial charge in [0, 0.05) is 39.9 Å². The number of nitrogens with one attached hydrogen (secondary N) is 2. The molecule has 0 unspecified atom stereocenters. The molecule has 0 aliphatic carbocycles. The number of halogens is 1. The Kier molecular flexibility index (Phi) is 15.6. The van der Waals surface area contributed by atoms with Gasteiger partial charge in [0.2, 0.25) is 0 Å². The molecule has 0 heterocycles. The molecular weight excluding hydrogens is 451 g/mol. The predicted molar refractivity (Wildman–Crippen MR) is 127 cm³/mol. The van der Waals surface area contributed by atoms with Gasteiger partial charge in [-0.2, -0.15) is 0 Å². The fourth-order valence-electron chi connectivity index (χ4n) is 2.67. The number of rotatable bonds is 12. The van der Waals surface area contributed by atoms with E-state index in [0.717, 1.165) is 58.3 Å². The number of hydrogen-bond donors (Lipinski definition) is 2. The minimum atomic E-state index is 0. The Morgan fingerprint density at radius 1 is 1.11 bits per heavy atom. The summed E-state index contributed by atoms with van der Waals surface area (Å²) < 4.78 is 5.61. The monoisotopic (exact) mass is 490 g/mol. The quantitative estimate of drug-likeness (QED) is 0.202. The first-order valence-corrected chi connectivity index (χ1v) is 9.92. The summed E-state index contributed by atoms with van der Waals surface area (Å²) in [5.41, 5.74) is 2.70. The van der Waals surface area contributed by atoms with Crippen molar-refractivity contribution in [2.24, 2.45) is 10.9 Å². The smallest absolute Gasteiger partial charge is 0.191 e. The van der Waals surface area contributed by atoms with Gasteiger partial charge in [-0.05, 0) is 36.6 Å². The van der Waals surface area contributed by atoms with Gasteiger partial charge in [-0.15, -0.1) is 24.0 Å². The average molecular weight is 490 g/mol. The third-order valence-corrected chi connectivity index (χ3v) is 4.29. The van der Waals surface area contributed by atoms with Gasteiger partial charge in [-0.1, -0.05) is 52.0 Å². The lowest BCUT2D eigenvalue weighted by Gasteiger charge is -2.20. The Morgan fingerprint density at radius 2 is 1.78 bits per heavy atom. The largest absolute Gasteiger partial charge is 0.381 e. The number of guanidine groups is 1. The predicted octanol–water partition coefficient (Wildman–Crippen LogP) is 3.87. The molecule has 0 aliphatic heterocycles. The fraction of sp³-hybridized carbons (Fsp3) is 0.667. The molecular formula is C21H39IN4O. The van der Waals surface area contributed by atoms with Crippen molar-refractivity contribution < 1.29 is 4.74 Å². The van der Waals surface area contributed by atoms with Crippen LogP contribution in [0.15, 0.2) is 29.3 Å². The number of ether oxygens (including phenoxy) is 1. The molecule has 5 nitrogen and oxygen atoms in total. The maximum absolute atomic E-state index is 5.61. The molecule has 0 amide bonds. The van der Waals surface area contributed by atoms with Gasteiger partial charge in [0.25, 0.3) is 0 Å². The normalized spacial score (nSPS) is 11.6. The number of hydrogen-bond acceptors (Lipinski definition) is 3. The van der Waals surface area contributed by atoms with Crippen LogP contribution in [-0.4, -0.2) is 50.8 Å². The third-order valence-electron chi connectivity index (χ3n) is 4.29. The molecule has 2 N–H and O–H groups in total. The van der Waals surface area contributed by atoms with Crippen molar-refractivity contribution in [3.63, 3.8) is 0 Å². The summed E-state index contributed by atoms with van der Waals surface area (Å²) in [6.07, 6.45) is 0.978. The molecule has 27 heavy (non-hydrogen) atoms. The van der Waals surface area contributed by atoms with Crippen LogP contribution in [0.3, 0.4) is 0 Å². The van der Waals surface area contributed by atoms with Crippen molar-refractivity contribution >= 4 is 29.9 Å². The minimum absolute atomic E-state index is 0. The molecule has 156 valence electrons. The van der Waals surface area contributed by atoms with Crippen LogP contribution in [0.1, 0.15) is 45.2 Å². The highest BCUT2D eigenvalue weighted by Crippen LogP contribution is 2.11. The molecule has 1 aromatic carbocycles. The number of benzene rings is 1. The second kappa shape index (κ2) is 16.1. The van der Waals surface area contributed by atoms with Crippen molar-refractivity contribution in [3.05, 3.63) is 35.4 Å². The van der Waals surface area contributed by atoms with Crippen molar-refractivity contribution in [1.82, 2.24) is 15.5 Å². The van der Waals surface area contributed by atoms with E-state index >= 15 is 0 Å². The molecule has 0 spiro atoms. The average Bonchev–Trinajstić information content (AvgIpc) is 2.65. The van der Waals surface area contributed by atoms with Crippen LogP contribution in [0.2, 0.25) is 0 Å². The van der Waals surface area contributed by atoms with Crippen LogP contribution in [0, 0.1) is 5.92 Å². The van der Waals surface area contributed by atoms with Crippen molar-refractivity contribution in [3.8, 4) is 0 Å². The molecule has 0 radical (unpaired) electrons. The molecule has 0 saturated carbocycles. The van der Waals surface area contributed by atoms with Gasteiger partial charge in [-0.3, -0.25) is 9.89 Å². The Bertz CT molecular complexity index is 519. The van der Waals surface area contributed by atoms with Gasteiger partial charge < -0.3 is 15.4 Å². The first-order valence-electron chi connectivity index (χ1n) is 9.92. The summed E-state index contributed by atoms with van der Waals surface area (Å²) in [7, 11) is 1.81. The lowest BCUT2D eigenvalue weighted by molar-refractivity contribution is 0.108. The number of aliphatic imine (C=N–C) groups is 1. The van der Waals surface area contributed by atoms with Gasteiger partial charge in [0.05, 0.1) is 0 Å². The SMILES string of the molecule is CCN(CC)Cc1ccccc1CNC(=NC)NCCCOCC(C)C.I. The van der Waals surface area contributed by atoms with E-state index in [4.69, 9.17) is 4.74 Å². The van der Waals surface area contributed by atoms with Crippen LogP contribution in [0.25, 0.3) is 0 Å². The first kappa shape index (κ1) is 26.1. The van der Waals surface area contributed by atoms with E-state index in [-0.39, 0.29) is 24.0 Å². The zero-order chi connectivity index (χ0) is 19.2. The molecule has 0 aromatic heterocycles. The standard InChI is InChI=1S/C21H38N4O.HI/c1-6-25(7-2)16-20-12-9-8-11-19(20)15-24-21(22-5)23-13-10-14-26-17-18(3)4;/h8-9,11-12,18H,6-7,10,13-17H2,1-5H3,(H2,22,23,24);1H. The van der Waals surface area contributed by atoms with E-state index in [9.17, 15) is 0 Å². The van der Waals surface area contributed by atoms with Crippen molar-refractivity contribution in [2.75, 3.05) is 39.9 Å². The van der Waals surface area contributed by atoms with Crippen molar-refractivity contribution in [1.29, 1.82) is 0 Å². The summed E-state index contributed by atoms with van der Waals surface area (Å²) in [5, 5.41) is 6.78. The molecule has 1 rings (SSSR count). The van der Waals surface area contributed by atoms with Crippen molar-refractivity contribution in [2.45, 2.75) is 47.2 Å². The minimum Gasteiger partial charge on any atom is -0.381 e. The lowest BCUT2D eigenvalue weighted by atomic mass is 10.1. The highest BCUT2D eigenvalue weighted by atomic mass is 127. The molecule has 0 saturated heterocycles. The van der Waals surface area contributed by atoms with E-state index in [1.807, 2.05) is 7.05 Å².